The summed E-state index contributed by atoms with van der Waals surface area (Å²) < 4.78 is 5.92. The number of carbonyl (C=O) groups excluding carboxylic acids is 3. The van der Waals surface area contributed by atoms with Crippen molar-refractivity contribution >= 4 is 45.1 Å². The van der Waals surface area contributed by atoms with Crippen molar-refractivity contribution in [2.75, 3.05) is 17.2 Å². The molecule has 29 heavy (non-hydrogen) atoms. The molecule has 0 bridgehead atoms. The highest BCUT2D eigenvalue weighted by Crippen LogP contribution is 2.24. The van der Waals surface area contributed by atoms with Gasteiger partial charge in [-0.3, -0.25) is 14.4 Å². The molecule has 0 aliphatic rings. The van der Waals surface area contributed by atoms with E-state index in [1.165, 1.54) is 0 Å². The summed E-state index contributed by atoms with van der Waals surface area (Å²) in [6.07, 6.45) is -0.112. The van der Waals surface area contributed by atoms with Crippen LogP contribution in [0, 0.1) is 27.7 Å². The fraction of sp³-hybridized carbons (Fsp3) is 0.318. The van der Waals surface area contributed by atoms with Crippen LogP contribution in [0.1, 0.15) is 35.1 Å². The zero-order chi connectivity index (χ0) is 21.6. The van der Waals surface area contributed by atoms with E-state index in [-0.39, 0.29) is 18.7 Å². The van der Waals surface area contributed by atoms with Gasteiger partial charge in [0, 0.05) is 22.3 Å². The SMILES string of the molecule is Cc1ccc(NC(=O)CCC(=O)OCC(=O)Nc2cc(C)c(Br)cc2C)cc1C. The molecule has 2 rings (SSSR count). The van der Waals surface area contributed by atoms with E-state index in [1.807, 2.05) is 58.0 Å². The Balaban J connectivity index is 1.75. The van der Waals surface area contributed by atoms with Crippen LogP contribution in [0.2, 0.25) is 0 Å². The maximum absolute atomic E-state index is 12.0. The lowest BCUT2D eigenvalue weighted by atomic mass is 10.1. The highest BCUT2D eigenvalue weighted by atomic mass is 79.9. The van der Waals surface area contributed by atoms with Crippen molar-refractivity contribution in [2.45, 2.75) is 40.5 Å². The molecule has 154 valence electrons. The monoisotopic (exact) mass is 460 g/mol. The first-order valence-electron chi connectivity index (χ1n) is 9.25. The second-order valence-electron chi connectivity index (χ2n) is 6.97. The lowest BCUT2D eigenvalue weighted by molar-refractivity contribution is -0.147. The lowest BCUT2D eigenvalue weighted by Crippen LogP contribution is -2.22. The molecule has 0 aromatic heterocycles. The molecular weight excluding hydrogens is 436 g/mol. The van der Waals surface area contributed by atoms with Crippen LogP contribution < -0.4 is 10.6 Å². The van der Waals surface area contributed by atoms with E-state index in [9.17, 15) is 14.4 Å². The van der Waals surface area contributed by atoms with Gasteiger partial charge in [0.2, 0.25) is 5.91 Å². The number of anilines is 2. The van der Waals surface area contributed by atoms with E-state index in [2.05, 4.69) is 26.6 Å². The van der Waals surface area contributed by atoms with Gasteiger partial charge in [-0.15, -0.1) is 0 Å². The number of esters is 1. The van der Waals surface area contributed by atoms with E-state index >= 15 is 0 Å². The second-order valence-corrected chi connectivity index (χ2v) is 7.83. The van der Waals surface area contributed by atoms with Crippen molar-refractivity contribution in [1.82, 2.24) is 0 Å². The third-order valence-electron chi connectivity index (χ3n) is 4.49. The summed E-state index contributed by atoms with van der Waals surface area (Å²) >= 11 is 3.44. The standard InChI is InChI=1S/C22H25BrN2O4/c1-13-5-6-17(9-14(13)2)24-20(26)7-8-22(28)29-12-21(27)25-19-11-15(3)18(23)10-16(19)4/h5-6,9-11H,7-8,12H2,1-4H3,(H,24,26)(H,25,27). The summed E-state index contributed by atoms with van der Waals surface area (Å²) in [6, 6.07) is 9.37. The Morgan fingerprint density at radius 1 is 0.828 bits per heavy atom. The summed E-state index contributed by atoms with van der Waals surface area (Å²) in [5, 5.41) is 5.47. The minimum absolute atomic E-state index is 0.0155. The molecule has 2 amide bonds. The number of rotatable bonds is 7. The molecule has 0 unspecified atom stereocenters. The molecule has 7 heteroatoms. The number of hydrogen-bond acceptors (Lipinski definition) is 4. The van der Waals surface area contributed by atoms with Gasteiger partial charge in [-0.1, -0.05) is 22.0 Å². The van der Waals surface area contributed by atoms with Gasteiger partial charge in [0.15, 0.2) is 6.61 Å². The maximum Gasteiger partial charge on any atom is 0.306 e. The zero-order valence-corrected chi connectivity index (χ0v) is 18.6. The van der Waals surface area contributed by atoms with Crippen molar-refractivity contribution in [3.63, 3.8) is 0 Å². The molecule has 0 aliphatic heterocycles. The van der Waals surface area contributed by atoms with Crippen molar-refractivity contribution in [1.29, 1.82) is 0 Å². The minimum Gasteiger partial charge on any atom is -0.456 e. The molecule has 0 saturated carbocycles. The number of amides is 2. The Bertz CT molecular complexity index is 941. The quantitative estimate of drug-likeness (QED) is 0.591. The number of nitrogens with one attached hydrogen (secondary N) is 2. The van der Waals surface area contributed by atoms with Gasteiger partial charge in [-0.2, -0.15) is 0 Å². The van der Waals surface area contributed by atoms with Crippen LogP contribution in [0.3, 0.4) is 0 Å². The number of halogens is 1. The normalized spacial score (nSPS) is 10.4. The van der Waals surface area contributed by atoms with Crippen LogP contribution in [-0.2, 0) is 19.1 Å². The zero-order valence-electron chi connectivity index (χ0n) is 17.0. The summed E-state index contributed by atoms with van der Waals surface area (Å²) in [5.41, 5.74) is 5.44. The van der Waals surface area contributed by atoms with E-state index in [1.54, 1.807) is 0 Å². The van der Waals surface area contributed by atoms with Crippen molar-refractivity contribution in [3.8, 4) is 0 Å². The Labute approximate surface area is 179 Å². The molecule has 2 aromatic carbocycles. The Hall–Kier alpha value is -2.67. The van der Waals surface area contributed by atoms with Gasteiger partial charge in [0.05, 0.1) is 6.42 Å². The first-order chi connectivity index (χ1) is 13.7. The van der Waals surface area contributed by atoms with Gasteiger partial charge in [-0.25, -0.2) is 0 Å². The summed E-state index contributed by atoms with van der Waals surface area (Å²) in [4.78, 5) is 35.8. The number of carbonyl (C=O) groups is 3. The average molecular weight is 461 g/mol. The fourth-order valence-electron chi connectivity index (χ4n) is 2.58. The molecule has 0 heterocycles. The smallest absolute Gasteiger partial charge is 0.306 e. The van der Waals surface area contributed by atoms with Crippen LogP contribution in [0.25, 0.3) is 0 Å². The number of ether oxygens (including phenoxy) is 1. The molecule has 6 nitrogen and oxygen atoms in total. The molecule has 2 N–H and O–H groups in total. The number of aryl methyl sites for hydroxylation is 4. The molecule has 0 fully saturated rings. The number of hydrogen-bond donors (Lipinski definition) is 2. The lowest BCUT2D eigenvalue weighted by Gasteiger charge is -2.11. The van der Waals surface area contributed by atoms with Crippen LogP contribution in [0.5, 0.6) is 0 Å². The van der Waals surface area contributed by atoms with Crippen LogP contribution in [0.15, 0.2) is 34.8 Å². The molecule has 0 atom stereocenters. The third kappa shape index (κ3) is 7.02. The van der Waals surface area contributed by atoms with Crippen molar-refractivity contribution in [2.24, 2.45) is 0 Å². The first-order valence-corrected chi connectivity index (χ1v) is 10.0. The fourth-order valence-corrected chi connectivity index (χ4v) is 3.04. The molecular formula is C22H25BrN2O4. The second kappa shape index (κ2) is 10.2. The highest BCUT2D eigenvalue weighted by Gasteiger charge is 2.12. The Morgan fingerprint density at radius 2 is 1.55 bits per heavy atom. The Kier molecular flexibility index (Phi) is 7.96. The summed E-state index contributed by atoms with van der Waals surface area (Å²) in [6.45, 7) is 7.35. The average Bonchev–Trinajstić information content (AvgIpc) is 2.65. The highest BCUT2D eigenvalue weighted by molar-refractivity contribution is 9.10. The van der Waals surface area contributed by atoms with Gasteiger partial charge in [-0.05, 0) is 74.2 Å². The molecule has 0 radical (unpaired) electrons. The van der Waals surface area contributed by atoms with Gasteiger partial charge in [0.1, 0.15) is 0 Å². The first kappa shape index (κ1) is 22.6. The van der Waals surface area contributed by atoms with Gasteiger partial charge in [0.25, 0.3) is 5.91 Å². The summed E-state index contributed by atoms with van der Waals surface area (Å²) in [7, 11) is 0. The van der Waals surface area contributed by atoms with Gasteiger partial charge < -0.3 is 15.4 Å². The molecule has 0 saturated heterocycles. The number of benzene rings is 2. The minimum atomic E-state index is -0.598. The topological polar surface area (TPSA) is 84.5 Å². The Morgan fingerprint density at radius 3 is 2.24 bits per heavy atom. The molecule has 0 spiro atoms. The van der Waals surface area contributed by atoms with Crippen LogP contribution in [-0.4, -0.2) is 24.4 Å². The third-order valence-corrected chi connectivity index (χ3v) is 5.35. The van der Waals surface area contributed by atoms with Crippen LogP contribution in [0.4, 0.5) is 11.4 Å². The van der Waals surface area contributed by atoms with E-state index in [0.717, 1.165) is 26.7 Å². The maximum atomic E-state index is 12.0. The summed E-state index contributed by atoms with van der Waals surface area (Å²) in [5.74, 6) is -1.31. The van der Waals surface area contributed by atoms with Crippen molar-refractivity contribution < 1.29 is 19.1 Å². The molecule has 2 aromatic rings. The van der Waals surface area contributed by atoms with E-state index in [4.69, 9.17) is 4.74 Å². The van der Waals surface area contributed by atoms with E-state index in [0.29, 0.717) is 11.4 Å². The largest absolute Gasteiger partial charge is 0.456 e. The predicted molar refractivity (Wildman–Crippen MR) is 117 cm³/mol. The van der Waals surface area contributed by atoms with Crippen LogP contribution >= 0.6 is 15.9 Å². The van der Waals surface area contributed by atoms with Crippen molar-refractivity contribution in [3.05, 3.63) is 57.1 Å². The predicted octanol–water partition coefficient (Wildman–Crippen LogP) is 4.58. The molecule has 0 aliphatic carbocycles. The van der Waals surface area contributed by atoms with Gasteiger partial charge >= 0.3 is 5.97 Å². The van der Waals surface area contributed by atoms with E-state index < -0.39 is 18.5 Å².